The van der Waals surface area contributed by atoms with E-state index in [0.29, 0.717) is 17.3 Å². The van der Waals surface area contributed by atoms with Crippen molar-refractivity contribution in [2.75, 3.05) is 17.7 Å². The average Bonchev–Trinajstić information content (AvgIpc) is 3.24. The number of nitrogens with zero attached hydrogens (tertiary/aromatic N) is 2. The maximum absolute atomic E-state index is 12.6. The molecular formula is C22H22N4O3. The summed E-state index contributed by atoms with van der Waals surface area (Å²) >= 11 is 0. The van der Waals surface area contributed by atoms with E-state index in [1.807, 2.05) is 37.3 Å². The van der Waals surface area contributed by atoms with Gasteiger partial charge in [-0.15, -0.1) is 0 Å². The SMILES string of the molecule is CCc1nn2c(c1-c1ccccc1)NC(=O)C2CC(=O)Nc1cccc(OC)c1. The van der Waals surface area contributed by atoms with Gasteiger partial charge in [-0.2, -0.15) is 5.10 Å². The molecule has 148 valence electrons. The highest BCUT2D eigenvalue weighted by Crippen LogP contribution is 2.38. The fraction of sp³-hybridized carbons (Fsp3) is 0.227. The number of hydrogen-bond donors (Lipinski definition) is 2. The zero-order valence-electron chi connectivity index (χ0n) is 16.3. The number of amides is 2. The van der Waals surface area contributed by atoms with Crippen LogP contribution in [-0.2, 0) is 16.0 Å². The van der Waals surface area contributed by atoms with Crippen LogP contribution in [0, 0.1) is 0 Å². The summed E-state index contributed by atoms with van der Waals surface area (Å²) in [5.74, 6) is 0.808. The van der Waals surface area contributed by atoms with E-state index in [4.69, 9.17) is 4.74 Å². The number of carbonyl (C=O) groups is 2. The molecule has 1 atom stereocenters. The molecule has 2 aromatic carbocycles. The van der Waals surface area contributed by atoms with Crippen LogP contribution in [0.15, 0.2) is 54.6 Å². The van der Waals surface area contributed by atoms with Gasteiger partial charge in [0.25, 0.3) is 5.91 Å². The van der Waals surface area contributed by atoms with E-state index in [9.17, 15) is 9.59 Å². The maximum atomic E-state index is 12.6. The molecule has 3 aromatic rings. The third-order valence-electron chi connectivity index (χ3n) is 4.95. The number of benzene rings is 2. The van der Waals surface area contributed by atoms with Gasteiger partial charge < -0.3 is 15.4 Å². The van der Waals surface area contributed by atoms with Crippen molar-refractivity contribution in [3.63, 3.8) is 0 Å². The normalized spacial score (nSPS) is 15.0. The first-order valence-electron chi connectivity index (χ1n) is 9.52. The van der Waals surface area contributed by atoms with Crippen LogP contribution >= 0.6 is 0 Å². The number of nitrogens with one attached hydrogen (secondary N) is 2. The second-order valence-electron chi connectivity index (χ2n) is 6.82. The van der Waals surface area contributed by atoms with E-state index in [1.54, 1.807) is 36.1 Å². The fourth-order valence-corrected chi connectivity index (χ4v) is 3.56. The number of aryl methyl sites for hydroxylation is 1. The van der Waals surface area contributed by atoms with E-state index >= 15 is 0 Å². The predicted molar refractivity (Wildman–Crippen MR) is 111 cm³/mol. The standard InChI is InChI=1S/C22H22N4O3/c1-3-17-20(14-8-5-4-6-9-14)21-24-22(28)18(26(21)25-17)13-19(27)23-15-10-7-11-16(12-15)29-2/h4-12,18H,3,13H2,1-2H3,(H,23,27)(H,24,28). The highest BCUT2D eigenvalue weighted by Gasteiger charge is 2.36. The van der Waals surface area contributed by atoms with Crippen LogP contribution < -0.4 is 15.4 Å². The minimum Gasteiger partial charge on any atom is -0.497 e. The van der Waals surface area contributed by atoms with E-state index in [0.717, 1.165) is 23.2 Å². The Bertz CT molecular complexity index is 1060. The Morgan fingerprint density at radius 2 is 2.00 bits per heavy atom. The Labute approximate surface area is 168 Å². The summed E-state index contributed by atoms with van der Waals surface area (Å²) in [5.41, 5.74) is 3.42. The van der Waals surface area contributed by atoms with Gasteiger partial charge in [0, 0.05) is 17.3 Å². The lowest BCUT2D eigenvalue weighted by atomic mass is 10.0. The van der Waals surface area contributed by atoms with Crippen molar-refractivity contribution in [3.05, 3.63) is 60.3 Å². The Balaban J connectivity index is 1.58. The van der Waals surface area contributed by atoms with E-state index in [2.05, 4.69) is 15.7 Å². The van der Waals surface area contributed by atoms with Crippen molar-refractivity contribution in [2.45, 2.75) is 25.8 Å². The first-order valence-corrected chi connectivity index (χ1v) is 9.52. The molecule has 1 aliphatic rings. The topological polar surface area (TPSA) is 85.2 Å². The molecule has 0 radical (unpaired) electrons. The molecule has 0 spiro atoms. The quantitative estimate of drug-likeness (QED) is 0.673. The predicted octanol–water partition coefficient (Wildman–Crippen LogP) is 3.64. The summed E-state index contributed by atoms with van der Waals surface area (Å²) in [6.45, 7) is 2.02. The molecule has 7 heteroatoms. The summed E-state index contributed by atoms with van der Waals surface area (Å²) in [5, 5.41) is 10.4. The smallest absolute Gasteiger partial charge is 0.251 e. The molecule has 29 heavy (non-hydrogen) atoms. The fourth-order valence-electron chi connectivity index (χ4n) is 3.56. The minimum absolute atomic E-state index is 0.00485. The Morgan fingerprint density at radius 3 is 2.72 bits per heavy atom. The van der Waals surface area contributed by atoms with E-state index in [-0.39, 0.29) is 18.2 Å². The summed E-state index contributed by atoms with van der Waals surface area (Å²) in [6, 6.07) is 16.3. The van der Waals surface area contributed by atoms with Gasteiger partial charge in [-0.05, 0) is 24.1 Å². The number of hydrogen-bond acceptors (Lipinski definition) is 4. The minimum atomic E-state index is -0.682. The average molecular weight is 390 g/mol. The molecule has 4 rings (SSSR count). The van der Waals surface area contributed by atoms with Crippen molar-refractivity contribution in [1.82, 2.24) is 9.78 Å². The molecule has 0 saturated heterocycles. The summed E-state index contributed by atoms with van der Waals surface area (Å²) < 4.78 is 6.82. The van der Waals surface area contributed by atoms with Crippen LogP contribution in [0.3, 0.4) is 0 Å². The molecule has 7 nitrogen and oxygen atoms in total. The third-order valence-corrected chi connectivity index (χ3v) is 4.95. The van der Waals surface area contributed by atoms with Crippen molar-refractivity contribution in [2.24, 2.45) is 0 Å². The van der Waals surface area contributed by atoms with Crippen LogP contribution in [-0.4, -0.2) is 28.7 Å². The molecule has 0 saturated carbocycles. The number of fused-ring (bicyclic) bond motifs is 1. The van der Waals surface area contributed by atoms with Crippen molar-refractivity contribution in [3.8, 4) is 16.9 Å². The van der Waals surface area contributed by atoms with Crippen LogP contribution in [0.5, 0.6) is 5.75 Å². The van der Waals surface area contributed by atoms with E-state index < -0.39 is 6.04 Å². The van der Waals surface area contributed by atoms with Gasteiger partial charge in [0.15, 0.2) is 0 Å². The second kappa shape index (κ2) is 7.79. The number of anilines is 2. The number of rotatable bonds is 6. The molecule has 1 aliphatic heterocycles. The Morgan fingerprint density at radius 1 is 1.21 bits per heavy atom. The molecule has 0 fully saturated rings. The summed E-state index contributed by atoms with van der Waals surface area (Å²) in [7, 11) is 1.57. The molecule has 0 bridgehead atoms. The van der Waals surface area contributed by atoms with Crippen molar-refractivity contribution < 1.29 is 14.3 Å². The van der Waals surface area contributed by atoms with Crippen LogP contribution in [0.25, 0.3) is 11.1 Å². The highest BCUT2D eigenvalue weighted by molar-refractivity contribution is 6.04. The number of carbonyl (C=O) groups excluding carboxylic acids is 2. The lowest BCUT2D eigenvalue weighted by Crippen LogP contribution is -2.24. The first-order chi connectivity index (χ1) is 14.1. The van der Waals surface area contributed by atoms with Gasteiger partial charge in [-0.3, -0.25) is 9.59 Å². The number of aromatic nitrogens is 2. The molecule has 2 amide bonds. The van der Waals surface area contributed by atoms with Gasteiger partial charge in [-0.25, -0.2) is 4.68 Å². The molecular weight excluding hydrogens is 368 g/mol. The van der Waals surface area contributed by atoms with Crippen LogP contribution in [0.1, 0.15) is 25.1 Å². The van der Waals surface area contributed by atoms with Gasteiger partial charge >= 0.3 is 0 Å². The summed E-state index contributed by atoms with van der Waals surface area (Å²) in [6.07, 6.45) is 0.720. The highest BCUT2D eigenvalue weighted by atomic mass is 16.5. The maximum Gasteiger partial charge on any atom is 0.251 e. The van der Waals surface area contributed by atoms with Crippen LogP contribution in [0.4, 0.5) is 11.5 Å². The Kier molecular flexibility index (Phi) is 5.03. The van der Waals surface area contributed by atoms with Crippen molar-refractivity contribution >= 4 is 23.3 Å². The summed E-state index contributed by atoms with van der Waals surface area (Å²) in [4.78, 5) is 25.2. The number of methoxy groups -OCH3 is 1. The molecule has 1 aromatic heterocycles. The monoisotopic (exact) mass is 390 g/mol. The largest absolute Gasteiger partial charge is 0.497 e. The zero-order chi connectivity index (χ0) is 20.4. The third kappa shape index (κ3) is 3.59. The molecule has 1 unspecified atom stereocenters. The lowest BCUT2D eigenvalue weighted by molar-refractivity contribution is -0.123. The van der Waals surface area contributed by atoms with Crippen molar-refractivity contribution in [1.29, 1.82) is 0 Å². The van der Waals surface area contributed by atoms with Gasteiger partial charge in [0.1, 0.15) is 17.6 Å². The second-order valence-corrected chi connectivity index (χ2v) is 6.82. The molecule has 2 heterocycles. The number of ether oxygens (including phenoxy) is 1. The van der Waals surface area contributed by atoms with E-state index in [1.165, 1.54) is 0 Å². The molecule has 2 N–H and O–H groups in total. The lowest BCUT2D eigenvalue weighted by Gasteiger charge is -2.11. The van der Waals surface area contributed by atoms with Crippen LogP contribution in [0.2, 0.25) is 0 Å². The van der Waals surface area contributed by atoms with Gasteiger partial charge in [-0.1, -0.05) is 43.3 Å². The molecule has 0 aliphatic carbocycles. The zero-order valence-corrected chi connectivity index (χ0v) is 16.3. The van der Waals surface area contributed by atoms with Gasteiger partial charge in [0.05, 0.1) is 19.2 Å². The Hall–Kier alpha value is -3.61. The first kappa shape index (κ1) is 18.7. The van der Waals surface area contributed by atoms with Gasteiger partial charge in [0.2, 0.25) is 5.91 Å².